The topological polar surface area (TPSA) is 81.8 Å². The normalized spacial score (nSPS) is 26.8. The number of hydrogen-bond donors (Lipinski definition) is 2. The number of amides is 4. The smallest absolute Gasteiger partial charge is 0.325 e. The summed E-state index contributed by atoms with van der Waals surface area (Å²) in [5, 5.41) is 6.19. The molecule has 2 N–H and O–H groups in total. The van der Waals surface area contributed by atoms with Crippen molar-refractivity contribution in [3.8, 4) is 0 Å². The summed E-state index contributed by atoms with van der Waals surface area (Å²) in [6.45, 7) is 6.93. The predicted octanol–water partition coefficient (Wildman–Crippen LogP) is 1.36. The molecule has 7 nitrogen and oxygen atoms in total. The van der Waals surface area contributed by atoms with E-state index in [0.29, 0.717) is 18.5 Å². The van der Waals surface area contributed by atoms with Gasteiger partial charge in [-0.3, -0.25) is 14.5 Å². The largest absolute Gasteiger partial charge is 0.341 e. The minimum absolute atomic E-state index is 0.155. The van der Waals surface area contributed by atoms with Gasteiger partial charge in [0.1, 0.15) is 12.1 Å². The average molecular weight is 384 g/mol. The van der Waals surface area contributed by atoms with Crippen molar-refractivity contribution in [2.75, 3.05) is 32.7 Å². The van der Waals surface area contributed by atoms with E-state index in [9.17, 15) is 14.4 Å². The van der Waals surface area contributed by atoms with Crippen molar-refractivity contribution in [2.45, 2.75) is 38.6 Å². The highest BCUT2D eigenvalue weighted by Crippen LogP contribution is 2.37. The number of imide groups is 1. The molecular weight excluding hydrogens is 356 g/mol. The fraction of sp³-hybridized carbons (Fsp3) is 0.571. The molecule has 3 aliphatic rings. The Bertz CT molecular complexity index is 790. The summed E-state index contributed by atoms with van der Waals surface area (Å²) in [5.41, 5.74) is 0.991. The standard InChI is InChI=1S/C21H28N4O3/c1-15-3-5-16(6-4-15)20(2)18(27)25(19(28)23-20)13-17(26)24-11-8-21(9-12-24)7-10-22-14-21/h3-6,22H,7-14H2,1-2H3,(H,23,28). The maximum atomic E-state index is 13.0. The van der Waals surface area contributed by atoms with E-state index in [4.69, 9.17) is 0 Å². The zero-order valence-corrected chi connectivity index (χ0v) is 16.6. The monoisotopic (exact) mass is 384 g/mol. The quantitative estimate of drug-likeness (QED) is 0.771. The van der Waals surface area contributed by atoms with E-state index in [-0.39, 0.29) is 18.4 Å². The van der Waals surface area contributed by atoms with Crippen LogP contribution in [0.2, 0.25) is 0 Å². The number of benzene rings is 1. The Morgan fingerprint density at radius 3 is 2.39 bits per heavy atom. The van der Waals surface area contributed by atoms with Gasteiger partial charge in [-0.25, -0.2) is 4.79 Å². The third-order valence-corrected chi connectivity index (χ3v) is 6.71. The minimum atomic E-state index is -1.13. The summed E-state index contributed by atoms with van der Waals surface area (Å²) in [6, 6.07) is 7.01. The predicted molar refractivity (Wildman–Crippen MR) is 105 cm³/mol. The highest BCUT2D eigenvalue weighted by atomic mass is 16.2. The van der Waals surface area contributed by atoms with Crippen molar-refractivity contribution in [1.82, 2.24) is 20.4 Å². The van der Waals surface area contributed by atoms with Gasteiger partial charge in [0, 0.05) is 19.6 Å². The molecule has 1 aromatic rings. The Hall–Kier alpha value is -2.41. The number of likely N-dealkylation sites (tertiary alicyclic amines) is 1. The molecule has 1 unspecified atom stereocenters. The van der Waals surface area contributed by atoms with Gasteiger partial charge < -0.3 is 15.5 Å². The number of nitrogens with one attached hydrogen (secondary N) is 2. The highest BCUT2D eigenvalue weighted by Gasteiger charge is 2.50. The molecule has 1 aromatic carbocycles. The van der Waals surface area contributed by atoms with Crippen LogP contribution in [0.25, 0.3) is 0 Å². The average Bonchev–Trinajstić information content (AvgIpc) is 3.21. The van der Waals surface area contributed by atoms with Gasteiger partial charge in [-0.1, -0.05) is 29.8 Å². The second-order valence-corrected chi connectivity index (χ2v) is 8.62. The SMILES string of the molecule is Cc1ccc(C2(C)NC(=O)N(CC(=O)N3CCC4(CCNC4)CC3)C2=O)cc1. The van der Waals surface area contributed by atoms with E-state index in [1.54, 1.807) is 11.8 Å². The zero-order chi connectivity index (χ0) is 19.9. The molecule has 28 heavy (non-hydrogen) atoms. The molecule has 150 valence electrons. The van der Waals surface area contributed by atoms with Gasteiger partial charge in [0.05, 0.1) is 0 Å². The third kappa shape index (κ3) is 3.17. The van der Waals surface area contributed by atoms with Crippen molar-refractivity contribution < 1.29 is 14.4 Å². The van der Waals surface area contributed by atoms with Crippen LogP contribution in [-0.4, -0.2) is 60.4 Å². The number of aryl methyl sites for hydroxylation is 1. The maximum Gasteiger partial charge on any atom is 0.325 e. The van der Waals surface area contributed by atoms with Crippen LogP contribution in [0.4, 0.5) is 4.79 Å². The number of carbonyl (C=O) groups excluding carboxylic acids is 3. The van der Waals surface area contributed by atoms with E-state index < -0.39 is 11.6 Å². The first-order chi connectivity index (χ1) is 13.3. The second-order valence-electron chi connectivity index (χ2n) is 8.62. The molecule has 1 spiro atoms. The van der Waals surface area contributed by atoms with Crippen LogP contribution in [0, 0.1) is 12.3 Å². The van der Waals surface area contributed by atoms with Gasteiger partial charge in [-0.15, -0.1) is 0 Å². The molecule has 3 fully saturated rings. The van der Waals surface area contributed by atoms with Crippen LogP contribution in [0.15, 0.2) is 24.3 Å². The summed E-state index contributed by atoms with van der Waals surface area (Å²) in [6.07, 6.45) is 3.12. The third-order valence-electron chi connectivity index (χ3n) is 6.71. The molecule has 0 aromatic heterocycles. The molecule has 4 amide bonds. The number of carbonyl (C=O) groups is 3. The van der Waals surface area contributed by atoms with E-state index in [2.05, 4.69) is 10.6 Å². The lowest BCUT2D eigenvalue weighted by atomic mass is 9.78. The zero-order valence-electron chi connectivity index (χ0n) is 16.6. The van der Waals surface area contributed by atoms with Crippen molar-refractivity contribution >= 4 is 17.8 Å². The molecule has 4 rings (SSSR count). The van der Waals surface area contributed by atoms with Crippen molar-refractivity contribution in [1.29, 1.82) is 0 Å². The van der Waals surface area contributed by atoms with Gasteiger partial charge in [0.2, 0.25) is 5.91 Å². The van der Waals surface area contributed by atoms with E-state index in [0.717, 1.165) is 48.4 Å². The summed E-state index contributed by atoms with van der Waals surface area (Å²) in [5.74, 6) is -0.527. The minimum Gasteiger partial charge on any atom is -0.341 e. The van der Waals surface area contributed by atoms with Gasteiger partial charge >= 0.3 is 6.03 Å². The fourth-order valence-electron chi connectivity index (χ4n) is 4.61. The molecular formula is C21H28N4O3. The maximum absolute atomic E-state index is 13.0. The van der Waals surface area contributed by atoms with E-state index in [1.807, 2.05) is 31.2 Å². The van der Waals surface area contributed by atoms with Crippen molar-refractivity contribution in [3.05, 3.63) is 35.4 Å². The Balaban J connectivity index is 1.42. The number of urea groups is 1. The first kappa shape index (κ1) is 18.9. The molecule has 3 saturated heterocycles. The number of rotatable bonds is 3. The van der Waals surface area contributed by atoms with Gasteiger partial charge in [0.15, 0.2) is 0 Å². The fourth-order valence-corrected chi connectivity index (χ4v) is 4.61. The lowest BCUT2D eigenvalue weighted by molar-refractivity contribution is -0.140. The summed E-state index contributed by atoms with van der Waals surface area (Å²) >= 11 is 0. The van der Waals surface area contributed by atoms with Gasteiger partial charge in [-0.2, -0.15) is 0 Å². The van der Waals surface area contributed by atoms with Gasteiger partial charge in [0.25, 0.3) is 5.91 Å². The number of hydrogen-bond acceptors (Lipinski definition) is 4. The summed E-state index contributed by atoms with van der Waals surface area (Å²) in [4.78, 5) is 41.1. The number of piperidine rings is 1. The Kier molecular flexibility index (Phi) is 4.65. The lowest BCUT2D eigenvalue weighted by Gasteiger charge is -2.39. The first-order valence-corrected chi connectivity index (χ1v) is 10.0. The van der Waals surface area contributed by atoms with Crippen LogP contribution < -0.4 is 10.6 Å². The van der Waals surface area contributed by atoms with Crippen molar-refractivity contribution in [3.63, 3.8) is 0 Å². The molecule has 0 saturated carbocycles. The number of nitrogens with zero attached hydrogens (tertiary/aromatic N) is 2. The molecule has 3 heterocycles. The summed E-state index contributed by atoms with van der Waals surface area (Å²) in [7, 11) is 0. The van der Waals surface area contributed by atoms with Crippen LogP contribution in [0.3, 0.4) is 0 Å². The van der Waals surface area contributed by atoms with Crippen LogP contribution in [-0.2, 0) is 15.1 Å². The molecule has 7 heteroatoms. The Morgan fingerprint density at radius 1 is 1.11 bits per heavy atom. The molecule has 0 bridgehead atoms. The van der Waals surface area contributed by atoms with Crippen LogP contribution in [0.5, 0.6) is 0 Å². The van der Waals surface area contributed by atoms with E-state index in [1.165, 1.54) is 0 Å². The molecule has 0 radical (unpaired) electrons. The van der Waals surface area contributed by atoms with Crippen LogP contribution >= 0.6 is 0 Å². The first-order valence-electron chi connectivity index (χ1n) is 10.0. The van der Waals surface area contributed by atoms with Crippen LogP contribution in [0.1, 0.15) is 37.3 Å². The van der Waals surface area contributed by atoms with E-state index >= 15 is 0 Å². The Morgan fingerprint density at radius 2 is 1.79 bits per heavy atom. The highest BCUT2D eigenvalue weighted by molar-refractivity contribution is 6.09. The Labute approximate surface area is 165 Å². The summed E-state index contributed by atoms with van der Waals surface area (Å²) < 4.78 is 0. The van der Waals surface area contributed by atoms with Gasteiger partial charge in [-0.05, 0) is 50.6 Å². The van der Waals surface area contributed by atoms with Crippen molar-refractivity contribution in [2.24, 2.45) is 5.41 Å². The lowest BCUT2D eigenvalue weighted by Crippen LogP contribution is -2.49. The molecule has 1 atom stereocenters. The molecule has 0 aliphatic carbocycles. The second kappa shape index (κ2) is 6.88. The molecule has 3 aliphatic heterocycles.